The number of hydrogen-bond donors (Lipinski definition) is 2. The van der Waals surface area contributed by atoms with Crippen LogP contribution in [0.4, 0.5) is 5.69 Å². The first-order chi connectivity index (χ1) is 19.0. The fraction of sp³-hybridized carbons (Fsp3) is 0.267. The lowest BCUT2D eigenvalue weighted by molar-refractivity contribution is 0.0774. The fourth-order valence-corrected chi connectivity index (χ4v) is 5.31. The minimum atomic E-state index is -0.275. The highest BCUT2D eigenvalue weighted by molar-refractivity contribution is 6.07. The summed E-state index contributed by atoms with van der Waals surface area (Å²) < 4.78 is 11.5. The van der Waals surface area contributed by atoms with Gasteiger partial charge in [-0.3, -0.25) is 19.4 Å². The number of aromatic nitrogens is 1. The number of aromatic amines is 1. The second-order valence-corrected chi connectivity index (χ2v) is 9.69. The second-order valence-electron chi connectivity index (χ2n) is 9.69. The molecule has 2 aliphatic heterocycles. The molecule has 1 saturated heterocycles. The highest BCUT2D eigenvalue weighted by atomic mass is 16.5. The average molecular weight is 525 g/mol. The van der Waals surface area contributed by atoms with Crippen molar-refractivity contribution in [1.29, 1.82) is 0 Å². The maximum atomic E-state index is 13.0. The summed E-state index contributed by atoms with van der Waals surface area (Å²) in [6, 6.07) is 15.9. The molecule has 0 radical (unpaired) electrons. The fourth-order valence-electron chi connectivity index (χ4n) is 5.31. The predicted molar refractivity (Wildman–Crippen MR) is 150 cm³/mol. The quantitative estimate of drug-likeness (QED) is 0.278. The Morgan fingerprint density at radius 3 is 2.82 bits per heavy atom. The van der Waals surface area contributed by atoms with Gasteiger partial charge < -0.3 is 24.7 Å². The Morgan fingerprint density at radius 2 is 1.95 bits per heavy atom. The lowest BCUT2D eigenvalue weighted by Gasteiger charge is -2.20. The Labute approximate surface area is 224 Å². The van der Waals surface area contributed by atoms with Crippen LogP contribution in [0.2, 0.25) is 0 Å². The molecule has 1 fully saturated rings. The average Bonchev–Trinajstić information content (AvgIpc) is 3.39. The molecular weight excluding hydrogens is 496 g/mol. The normalized spacial score (nSPS) is 16.2. The SMILES string of the molecule is COc1cc2c(cc1OCCCNC(=O)c1cccc3c(=O)c4ccccc4[nH]c13)N=C[C@@H]1CCCN1C2=O. The number of para-hydroxylation sites is 2. The number of methoxy groups -OCH3 is 1. The Hall–Kier alpha value is -4.66. The van der Waals surface area contributed by atoms with Crippen molar-refractivity contribution >= 4 is 45.5 Å². The number of ether oxygens (including phenoxy) is 2. The van der Waals surface area contributed by atoms with Crippen LogP contribution in [0.5, 0.6) is 11.5 Å². The molecular formula is C30H28N4O5. The summed E-state index contributed by atoms with van der Waals surface area (Å²) in [5.41, 5.74) is 2.57. The zero-order chi connectivity index (χ0) is 26.9. The number of fused-ring (bicyclic) bond motifs is 4. The van der Waals surface area contributed by atoms with Crippen LogP contribution in [-0.4, -0.2) is 60.8 Å². The van der Waals surface area contributed by atoms with Gasteiger partial charge in [-0.25, -0.2) is 0 Å². The van der Waals surface area contributed by atoms with E-state index < -0.39 is 0 Å². The summed E-state index contributed by atoms with van der Waals surface area (Å²) in [7, 11) is 1.54. The highest BCUT2D eigenvalue weighted by Crippen LogP contribution is 2.38. The molecule has 39 heavy (non-hydrogen) atoms. The number of benzene rings is 3. The smallest absolute Gasteiger partial charge is 0.256 e. The minimum absolute atomic E-state index is 0.0298. The van der Waals surface area contributed by atoms with Crippen molar-refractivity contribution in [3.8, 4) is 11.5 Å². The van der Waals surface area contributed by atoms with Crippen LogP contribution in [0.15, 0.2) is 64.4 Å². The van der Waals surface area contributed by atoms with Crippen molar-refractivity contribution in [2.45, 2.75) is 25.3 Å². The first kappa shape index (κ1) is 24.7. The van der Waals surface area contributed by atoms with E-state index in [9.17, 15) is 14.4 Å². The van der Waals surface area contributed by atoms with Crippen LogP contribution in [0.25, 0.3) is 21.8 Å². The minimum Gasteiger partial charge on any atom is -0.493 e. The number of nitrogens with zero attached hydrogens (tertiary/aromatic N) is 2. The summed E-state index contributed by atoms with van der Waals surface area (Å²) in [5.74, 6) is 0.641. The third kappa shape index (κ3) is 4.50. The molecule has 198 valence electrons. The molecule has 0 bridgehead atoms. The van der Waals surface area contributed by atoms with E-state index in [4.69, 9.17) is 9.47 Å². The molecule has 2 amide bonds. The predicted octanol–water partition coefficient (Wildman–Crippen LogP) is 4.21. The van der Waals surface area contributed by atoms with Gasteiger partial charge in [-0.1, -0.05) is 18.2 Å². The number of amides is 2. The number of H-pyrrole nitrogens is 1. The molecule has 0 unspecified atom stereocenters. The van der Waals surface area contributed by atoms with Crippen LogP contribution in [0.1, 0.15) is 40.0 Å². The number of hydrogen-bond acceptors (Lipinski definition) is 6. The summed E-state index contributed by atoms with van der Waals surface area (Å²) in [6.07, 6.45) is 4.27. The maximum absolute atomic E-state index is 13.0. The topological polar surface area (TPSA) is 113 Å². The van der Waals surface area contributed by atoms with Gasteiger partial charge in [0.15, 0.2) is 16.9 Å². The molecule has 0 aliphatic carbocycles. The molecule has 3 heterocycles. The van der Waals surface area contributed by atoms with Crippen LogP contribution in [0, 0.1) is 0 Å². The van der Waals surface area contributed by atoms with Crippen LogP contribution in [0.3, 0.4) is 0 Å². The van der Waals surface area contributed by atoms with Crippen molar-refractivity contribution < 1.29 is 19.1 Å². The summed E-state index contributed by atoms with van der Waals surface area (Å²) in [5, 5.41) is 3.97. The monoisotopic (exact) mass is 524 g/mol. The van der Waals surface area contributed by atoms with Crippen molar-refractivity contribution in [2.24, 2.45) is 4.99 Å². The molecule has 2 aliphatic rings. The molecule has 9 nitrogen and oxygen atoms in total. The largest absolute Gasteiger partial charge is 0.493 e. The van der Waals surface area contributed by atoms with Crippen molar-refractivity contribution in [3.63, 3.8) is 0 Å². The third-order valence-electron chi connectivity index (χ3n) is 7.31. The molecule has 2 N–H and O–H groups in total. The number of carbonyl (C=O) groups excluding carboxylic acids is 2. The molecule has 3 aromatic carbocycles. The molecule has 9 heteroatoms. The van der Waals surface area contributed by atoms with Gasteiger partial charge in [-0.15, -0.1) is 0 Å². The number of aliphatic imine (C=N–C) groups is 1. The number of rotatable bonds is 7. The van der Waals surface area contributed by atoms with Crippen molar-refractivity contribution in [1.82, 2.24) is 15.2 Å². The van der Waals surface area contributed by atoms with E-state index in [0.29, 0.717) is 69.7 Å². The standard InChI is InChI=1S/C30H28N4O5/c1-38-25-15-22-24(32-17-18-7-5-13-34(18)30(22)37)16-26(25)39-14-6-12-31-29(36)21-10-4-9-20-27(21)33-23-11-3-2-8-19(23)28(20)35/h2-4,8-11,15-18H,5-7,12-14H2,1H3,(H,31,36)(H,33,35)/t18-/m0/s1. The zero-order valence-corrected chi connectivity index (χ0v) is 21.5. The summed E-state index contributed by atoms with van der Waals surface area (Å²) in [4.78, 5) is 48.6. The first-order valence-corrected chi connectivity index (χ1v) is 13.1. The molecule has 4 aromatic rings. The van der Waals surface area contributed by atoms with Crippen LogP contribution in [-0.2, 0) is 0 Å². The first-order valence-electron chi connectivity index (χ1n) is 13.1. The third-order valence-corrected chi connectivity index (χ3v) is 7.31. The molecule has 1 atom stereocenters. The Balaban J connectivity index is 1.12. The molecule has 0 saturated carbocycles. The molecule has 0 spiro atoms. The Kier molecular flexibility index (Phi) is 6.48. The lowest BCUT2D eigenvalue weighted by Crippen LogP contribution is -2.35. The van der Waals surface area contributed by atoms with Gasteiger partial charge in [-0.05, 0) is 49.6 Å². The van der Waals surface area contributed by atoms with E-state index in [-0.39, 0.29) is 23.3 Å². The van der Waals surface area contributed by atoms with E-state index in [0.717, 1.165) is 19.4 Å². The summed E-state index contributed by atoms with van der Waals surface area (Å²) >= 11 is 0. The molecule has 1 aromatic heterocycles. The van der Waals surface area contributed by atoms with E-state index >= 15 is 0 Å². The maximum Gasteiger partial charge on any atom is 0.256 e. The van der Waals surface area contributed by atoms with Crippen molar-refractivity contribution in [3.05, 3.63) is 75.9 Å². The van der Waals surface area contributed by atoms with Gasteiger partial charge in [0, 0.05) is 41.7 Å². The van der Waals surface area contributed by atoms with E-state index in [1.165, 1.54) is 7.11 Å². The second kappa shape index (κ2) is 10.2. The molecule has 6 rings (SSSR count). The van der Waals surface area contributed by atoms with Gasteiger partial charge in [0.05, 0.1) is 42.1 Å². The zero-order valence-electron chi connectivity index (χ0n) is 21.5. The van der Waals surface area contributed by atoms with Crippen LogP contribution < -0.4 is 20.2 Å². The van der Waals surface area contributed by atoms with E-state index in [1.807, 2.05) is 29.3 Å². The number of nitrogens with one attached hydrogen (secondary N) is 2. The van der Waals surface area contributed by atoms with E-state index in [1.54, 1.807) is 36.4 Å². The lowest BCUT2D eigenvalue weighted by atomic mass is 10.1. The van der Waals surface area contributed by atoms with Gasteiger partial charge in [-0.2, -0.15) is 0 Å². The van der Waals surface area contributed by atoms with Crippen molar-refractivity contribution in [2.75, 3.05) is 26.8 Å². The van der Waals surface area contributed by atoms with Gasteiger partial charge in [0.1, 0.15) is 0 Å². The number of pyridine rings is 1. The van der Waals surface area contributed by atoms with Gasteiger partial charge >= 0.3 is 0 Å². The van der Waals surface area contributed by atoms with E-state index in [2.05, 4.69) is 15.3 Å². The Morgan fingerprint density at radius 1 is 1.10 bits per heavy atom. The number of carbonyl (C=O) groups is 2. The van der Waals surface area contributed by atoms with Gasteiger partial charge in [0.2, 0.25) is 0 Å². The highest BCUT2D eigenvalue weighted by Gasteiger charge is 2.32. The Bertz CT molecular complexity index is 1690. The van der Waals surface area contributed by atoms with Crippen LogP contribution >= 0.6 is 0 Å². The van der Waals surface area contributed by atoms with Gasteiger partial charge in [0.25, 0.3) is 11.8 Å². The summed E-state index contributed by atoms with van der Waals surface area (Å²) in [6.45, 7) is 1.42.